The second kappa shape index (κ2) is 5.74. The molecule has 2 saturated carbocycles. The summed E-state index contributed by atoms with van der Waals surface area (Å²) >= 11 is 0. The van der Waals surface area contributed by atoms with E-state index >= 15 is 0 Å². The maximum absolute atomic E-state index is 12.6. The lowest BCUT2D eigenvalue weighted by Crippen LogP contribution is -2.40. The molecule has 6 heteroatoms. The first-order valence-electron chi connectivity index (χ1n) is 7.85. The molecule has 0 aliphatic heterocycles. The lowest BCUT2D eigenvalue weighted by molar-refractivity contribution is 0.270. The zero-order chi connectivity index (χ0) is 15.0. The molecule has 2 atom stereocenters. The Kier molecular flexibility index (Phi) is 4.12. The quantitative estimate of drug-likeness (QED) is 0.875. The van der Waals surface area contributed by atoms with Crippen LogP contribution in [0, 0.1) is 5.92 Å². The van der Waals surface area contributed by atoms with E-state index in [0.717, 1.165) is 32.1 Å². The van der Waals surface area contributed by atoms with Gasteiger partial charge in [-0.15, -0.1) is 0 Å². The highest BCUT2D eigenvalue weighted by molar-refractivity contribution is 7.89. The maximum Gasteiger partial charge on any atom is 0.242 e. The lowest BCUT2D eigenvalue weighted by atomic mass is 9.87. The molecule has 0 bridgehead atoms. The maximum atomic E-state index is 12.6. The molecule has 0 saturated heterocycles. The van der Waals surface area contributed by atoms with Gasteiger partial charge in [-0.3, -0.25) is 0 Å². The lowest BCUT2D eigenvalue weighted by Gasteiger charge is -2.29. The number of nitrogens with zero attached hydrogens (tertiary/aromatic N) is 1. The highest BCUT2D eigenvalue weighted by Gasteiger charge is 2.30. The van der Waals surface area contributed by atoms with Crippen molar-refractivity contribution in [1.82, 2.24) is 9.29 Å². The number of hydrogen-bond acceptors (Lipinski definition) is 3. The van der Waals surface area contributed by atoms with Gasteiger partial charge in [0.1, 0.15) is 0 Å². The normalized spacial score (nSPS) is 27.0. The minimum atomic E-state index is -3.49. The summed E-state index contributed by atoms with van der Waals surface area (Å²) in [6, 6.07) is 2.00. The summed E-state index contributed by atoms with van der Waals surface area (Å²) in [7, 11) is -3.49. The number of aliphatic hydroxyl groups is 1. The number of aliphatic hydroxyl groups excluding tert-OH is 1. The fraction of sp³-hybridized carbons (Fsp3) is 0.733. The molecule has 1 aromatic rings. The Morgan fingerprint density at radius 3 is 2.62 bits per heavy atom. The van der Waals surface area contributed by atoms with Crippen LogP contribution in [-0.4, -0.2) is 24.1 Å². The first-order chi connectivity index (χ1) is 10.0. The highest BCUT2D eigenvalue weighted by atomic mass is 32.2. The first-order valence-corrected chi connectivity index (χ1v) is 9.33. The van der Waals surface area contributed by atoms with Crippen LogP contribution in [0.25, 0.3) is 0 Å². The third-order valence-corrected chi connectivity index (χ3v) is 6.19. The fourth-order valence-corrected chi connectivity index (χ4v) is 4.65. The Balaban J connectivity index is 1.80. The predicted molar refractivity (Wildman–Crippen MR) is 80.4 cm³/mol. The van der Waals surface area contributed by atoms with E-state index in [0.29, 0.717) is 17.7 Å². The van der Waals surface area contributed by atoms with E-state index in [-0.39, 0.29) is 17.5 Å². The van der Waals surface area contributed by atoms with Crippen molar-refractivity contribution in [3.8, 4) is 0 Å². The standard InChI is InChI=1S/C15H24N2O3S/c1-11-4-2-3-5-15(11)16-21(19,20)14-8-13(10-18)17(9-14)12-6-7-12/h8-9,11-12,15-16,18H,2-7,10H2,1H3. The molecule has 2 N–H and O–H groups in total. The second-order valence-corrected chi connectivity index (χ2v) is 8.17. The molecular formula is C15H24N2O3S. The molecule has 2 unspecified atom stereocenters. The molecule has 2 aliphatic carbocycles. The van der Waals surface area contributed by atoms with Crippen molar-refractivity contribution in [2.24, 2.45) is 5.92 Å². The SMILES string of the molecule is CC1CCCCC1NS(=O)(=O)c1cc(CO)n(C2CC2)c1. The number of aromatic nitrogens is 1. The van der Waals surface area contributed by atoms with Crippen LogP contribution in [0.2, 0.25) is 0 Å². The van der Waals surface area contributed by atoms with Gasteiger partial charge in [-0.1, -0.05) is 19.8 Å². The molecule has 0 radical (unpaired) electrons. The second-order valence-electron chi connectivity index (χ2n) is 6.45. The highest BCUT2D eigenvalue weighted by Crippen LogP contribution is 2.37. The number of hydrogen-bond donors (Lipinski definition) is 2. The van der Waals surface area contributed by atoms with E-state index in [2.05, 4.69) is 11.6 Å². The molecule has 21 heavy (non-hydrogen) atoms. The van der Waals surface area contributed by atoms with Crippen LogP contribution in [0.4, 0.5) is 0 Å². The first kappa shape index (κ1) is 15.1. The van der Waals surface area contributed by atoms with E-state index in [1.54, 1.807) is 12.3 Å². The number of sulfonamides is 1. The van der Waals surface area contributed by atoms with Crippen LogP contribution in [0.1, 0.15) is 57.2 Å². The summed E-state index contributed by atoms with van der Waals surface area (Å²) < 4.78 is 29.9. The van der Waals surface area contributed by atoms with Crippen molar-refractivity contribution in [1.29, 1.82) is 0 Å². The Morgan fingerprint density at radius 2 is 2.00 bits per heavy atom. The van der Waals surface area contributed by atoms with E-state index in [4.69, 9.17) is 0 Å². The van der Waals surface area contributed by atoms with Gasteiger partial charge >= 0.3 is 0 Å². The molecular weight excluding hydrogens is 288 g/mol. The summed E-state index contributed by atoms with van der Waals surface area (Å²) in [6.45, 7) is 1.99. The summed E-state index contributed by atoms with van der Waals surface area (Å²) in [5.41, 5.74) is 0.689. The minimum absolute atomic E-state index is 0.0330. The molecule has 3 rings (SSSR count). The number of rotatable bonds is 5. The van der Waals surface area contributed by atoms with Crippen molar-refractivity contribution >= 4 is 10.0 Å². The molecule has 118 valence electrons. The third-order valence-electron chi connectivity index (χ3n) is 4.74. The fourth-order valence-electron chi connectivity index (χ4n) is 3.22. The van der Waals surface area contributed by atoms with Crippen LogP contribution in [0.3, 0.4) is 0 Å². The summed E-state index contributed by atoms with van der Waals surface area (Å²) in [5.74, 6) is 0.386. The van der Waals surface area contributed by atoms with Crippen LogP contribution in [-0.2, 0) is 16.6 Å². The van der Waals surface area contributed by atoms with Crippen molar-refractivity contribution in [2.45, 2.75) is 69.0 Å². The van der Waals surface area contributed by atoms with Crippen molar-refractivity contribution in [3.63, 3.8) is 0 Å². The molecule has 1 aromatic heterocycles. The van der Waals surface area contributed by atoms with Crippen LogP contribution in [0.15, 0.2) is 17.2 Å². The molecule has 2 aliphatic rings. The van der Waals surface area contributed by atoms with Gasteiger partial charge in [0.05, 0.1) is 11.5 Å². The average molecular weight is 312 g/mol. The van der Waals surface area contributed by atoms with Crippen LogP contribution >= 0.6 is 0 Å². The summed E-state index contributed by atoms with van der Waals surface area (Å²) in [4.78, 5) is 0.288. The van der Waals surface area contributed by atoms with E-state index in [1.807, 2.05) is 4.57 Å². The van der Waals surface area contributed by atoms with E-state index < -0.39 is 10.0 Å². The van der Waals surface area contributed by atoms with Crippen molar-refractivity contribution < 1.29 is 13.5 Å². The summed E-state index contributed by atoms with van der Waals surface area (Å²) in [6.07, 6.45) is 8.07. The zero-order valence-corrected chi connectivity index (χ0v) is 13.3. The van der Waals surface area contributed by atoms with Gasteiger partial charge < -0.3 is 9.67 Å². The average Bonchev–Trinajstić information content (AvgIpc) is 3.19. The van der Waals surface area contributed by atoms with Crippen LogP contribution < -0.4 is 4.72 Å². The van der Waals surface area contributed by atoms with Gasteiger partial charge in [0.15, 0.2) is 0 Å². The van der Waals surface area contributed by atoms with Gasteiger partial charge in [0.25, 0.3) is 0 Å². The van der Waals surface area contributed by atoms with Gasteiger partial charge in [-0.2, -0.15) is 0 Å². The Labute approximate surface area is 126 Å². The topological polar surface area (TPSA) is 71.3 Å². The Morgan fingerprint density at radius 1 is 1.29 bits per heavy atom. The third kappa shape index (κ3) is 3.17. The molecule has 1 heterocycles. The largest absolute Gasteiger partial charge is 0.390 e. The van der Waals surface area contributed by atoms with E-state index in [1.165, 1.54) is 6.42 Å². The smallest absolute Gasteiger partial charge is 0.242 e. The van der Waals surface area contributed by atoms with E-state index in [9.17, 15) is 13.5 Å². The predicted octanol–water partition coefficient (Wildman–Crippen LogP) is 2.17. The van der Waals surface area contributed by atoms with Crippen molar-refractivity contribution in [3.05, 3.63) is 18.0 Å². The number of nitrogens with one attached hydrogen (secondary N) is 1. The minimum Gasteiger partial charge on any atom is -0.390 e. The molecule has 0 spiro atoms. The van der Waals surface area contributed by atoms with Gasteiger partial charge in [-0.25, -0.2) is 13.1 Å². The Hall–Kier alpha value is -0.850. The van der Waals surface area contributed by atoms with Gasteiger partial charge in [0, 0.05) is 24.0 Å². The molecule has 2 fully saturated rings. The molecule has 0 amide bonds. The van der Waals surface area contributed by atoms with Crippen LogP contribution in [0.5, 0.6) is 0 Å². The zero-order valence-electron chi connectivity index (χ0n) is 12.5. The monoisotopic (exact) mass is 312 g/mol. The molecule has 5 nitrogen and oxygen atoms in total. The van der Waals surface area contributed by atoms with Gasteiger partial charge in [-0.05, 0) is 37.7 Å². The summed E-state index contributed by atoms with van der Waals surface area (Å²) in [5, 5.41) is 9.40. The Bertz CT molecular complexity index is 604. The molecule has 0 aromatic carbocycles. The van der Waals surface area contributed by atoms with Crippen molar-refractivity contribution in [2.75, 3.05) is 0 Å². The van der Waals surface area contributed by atoms with Gasteiger partial charge in [0.2, 0.25) is 10.0 Å².